The van der Waals surface area contributed by atoms with Crippen LogP contribution in [-0.2, 0) is 13.0 Å². The van der Waals surface area contributed by atoms with Crippen LogP contribution in [0.15, 0.2) is 12.1 Å². The largest absolute Gasteiger partial charge is 0.493 e. The second-order valence-corrected chi connectivity index (χ2v) is 7.40. The molecule has 0 aliphatic carbocycles. The Morgan fingerprint density at radius 2 is 2.04 bits per heavy atom. The molecule has 1 unspecified atom stereocenters. The second kappa shape index (κ2) is 7.60. The Hall–Kier alpha value is -0.480. The molecule has 23 heavy (non-hydrogen) atoms. The number of halogens is 2. The molecule has 5 heteroatoms. The number of likely N-dealkylation sites (tertiary alicyclic amines) is 1. The minimum Gasteiger partial charge on any atom is -0.493 e. The number of rotatable bonds is 3. The number of hydrogen-bond acceptors (Lipinski definition) is 3. The molecule has 4 rings (SSSR count). The maximum atomic E-state index is 6.27. The van der Waals surface area contributed by atoms with Gasteiger partial charge in [-0.3, -0.25) is 4.90 Å². The Bertz CT molecular complexity index is 538. The third-order valence-corrected chi connectivity index (χ3v) is 5.74. The van der Waals surface area contributed by atoms with E-state index in [1.54, 1.807) is 0 Å². The van der Waals surface area contributed by atoms with E-state index in [1.165, 1.54) is 56.4 Å². The summed E-state index contributed by atoms with van der Waals surface area (Å²) in [7, 11) is 0. The summed E-state index contributed by atoms with van der Waals surface area (Å²) in [6.07, 6.45) is 6.37. The molecule has 2 fully saturated rings. The van der Waals surface area contributed by atoms with Crippen LogP contribution in [0.1, 0.15) is 36.8 Å². The first-order valence-electron chi connectivity index (χ1n) is 8.69. The lowest BCUT2D eigenvalue weighted by Crippen LogP contribution is -2.40. The minimum atomic E-state index is 0. The monoisotopic (exact) mass is 356 g/mol. The number of piperidine rings is 1. The van der Waals surface area contributed by atoms with E-state index in [9.17, 15) is 0 Å². The fourth-order valence-electron chi connectivity index (χ4n) is 4.33. The zero-order valence-electron chi connectivity index (χ0n) is 13.5. The number of benzene rings is 1. The van der Waals surface area contributed by atoms with E-state index in [0.717, 1.165) is 42.3 Å². The first-order valence-corrected chi connectivity index (χ1v) is 9.07. The van der Waals surface area contributed by atoms with E-state index in [-0.39, 0.29) is 12.4 Å². The molecular weight excluding hydrogens is 331 g/mol. The van der Waals surface area contributed by atoms with Gasteiger partial charge >= 0.3 is 0 Å². The average molecular weight is 357 g/mol. The predicted octanol–water partition coefficient (Wildman–Crippen LogP) is 3.66. The lowest BCUT2D eigenvalue weighted by Gasteiger charge is -2.35. The normalized spacial score (nSPS) is 25.0. The first kappa shape index (κ1) is 17.3. The van der Waals surface area contributed by atoms with Crippen LogP contribution in [0.25, 0.3) is 0 Å². The molecule has 3 nitrogen and oxygen atoms in total. The smallest absolute Gasteiger partial charge is 0.127 e. The van der Waals surface area contributed by atoms with Gasteiger partial charge in [0.15, 0.2) is 0 Å². The number of nitrogens with one attached hydrogen (secondary N) is 1. The lowest BCUT2D eigenvalue weighted by molar-refractivity contribution is 0.156. The molecule has 2 saturated heterocycles. The van der Waals surface area contributed by atoms with Gasteiger partial charge in [-0.05, 0) is 68.9 Å². The van der Waals surface area contributed by atoms with Crippen molar-refractivity contribution >= 4 is 24.0 Å². The summed E-state index contributed by atoms with van der Waals surface area (Å²) < 4.78 is 5.83. The average Bonchev–Trinajstić information content (AvgIpc) is 3.18. The summed E-state index contributed by atoms with van der Waals surface area (Å²) in [5.41, 5.74) is 2.56. The standard InChI is InChI=1S/C18H25ClN2O.ClH/c19-16-10-14-5-9-22-18(14)15(11-16)12-21-7-3-13(4-8-21)17-2-1-6-20-17;/h10-11,13,17,20H,1-9,12H2;1H. The molecule has 1 N–H and O–H groups in total. The fourth-order valence-corrected chi connectivity index (χ4v) is 4.60. The zero-order valence-corrected chi connectivity index (χ0v) is 15.1. The molecule has 0 aromatic heterocycles. The van der Waals surface area contributed by atoms with Gasteiger partial charge < -0.3 is 10.1 Å². The van der Waals surface area contributed by atoms with Crippen molar-refractivity contribution in [2.45, 2.75) is 44.7 Å². The van der Waals surface area contributed by atoms with Gasteiger partial charge in [0.1, 0.15) is 5.75 Å². The number of ether oxygens (including phenoxy) is 1. The van der Waals surface area contributed by atoms with Crippen molar-refractivity contribution in [1.29, 1.82) is 0 Å². The highest BCUT2D eigenvalue weighted by atomic mass is 35.5. The van der Waals surface area contributed by atoms with Crippen molar-refractivity contribution in [3.05, 3.63) is 28.3 Å². The third kappa shape index (κ3) is 3.79. The van der Waals surface area contributed by atoms with E-state index >= 15 is 0 Å². The van der Waals surface area contributed by atoms with Gasteiger partial charge in [0, 0.05) is 29.6 Å². The van der Waals surface area contributed by atoms with E-state index < -0.39 is 0 Å². The topological polar surface area (TPSA) is 24.5 Å². The van der Waals surface area contributed by atoms with E-state index in [2.05, 4.69) is 22.3 Å². The molecule has 3 heterocycles. The van der Waals surface area contributed by atoms with E-state index in [4.69, 9.17) is 16.3 Å². The summed E-state index contributed by atoms with van der Waals surface area (Å²) in [5, 5.41) is 4.53. The maximum absolute atomic E-state index is 6.27. The number of nitrogens with zero attached hydrogens (tertiary/aromatic N) is 1. The Balaban J connectivity index is 0.00000156. The number of fused-ring (bicyclic) bond motifs is 1. The molecule has 3 aliphatic rings. The van der Waals surface area contributed by atoms with Gasteiger partial charge in [-0.1, -0.05) is 11.6 Å². The van der Waals surface area contributed by atoms with Crippen molar-refractivity contribution in [2.24, 2.45) is 5.92 Å². The quantitative estimate of drug-likeness (QED) is 0.894. The van der Waals surface area contributed by atoms with Crippen LogP contribution in [-0.4, -0.2) is 37.2 Å². The van der Waals surface area contributed by atoms with Gasteiger partial charge in [0.2, 0.25) is 0 Å². The van der Waals surface area contributed by atoms with Gasteiger partial charge in [0.05, 0.1) is 6.61 Å². The summed E-state index contributed by atoms with van der Waals surface area (Å²) in [4.78, 5) is 2.57. The molecule has 1 aromatic rings. The molecule has 1 aromatic carbocycles. The molecule has 128 valence electrons. The highest BCUT2D eigenvalue weighted by Crippen LogP contribution is 2.34. The van der Waals surface area contributed by atoms with Crippen LogP contribution >= 0.6 is 24.0 Å². The van der Waals surface area contributed by atoms with Crippen LogP contribution in [0, 0.1) is 5.92 Å². The predicted molar refractivity (Wildman–Crippen MR) is 96.9 cm³/mol. The highest BCUT2D eigenvalue weighted by Gasteiger charge is 2.29. The minimum absolute atomic E-state index is 0. The van der Waals surface area contributed by atoms with Gasteiger partial charge in [-0.15, -0.1) is 12.4 Å². The Labute approximate surface area is 150 Å². The number of hydrogen-bond donors (Lipinski definition) is 1. The summed E-state index contributed by atoms with van der Waals surface area (Å²) in [6, 6.07) is 4.93. The van der Waals surface area contributed by atoms with E-state index in [1.807, 2.05) is 0 Å². The molecule has 1 atom stereocenters. The van der Waals surface area contributed by atoms with Crippen LogP contribution in [0.4, 0.5) is 0 Å². The zero-order chi connectivity index (χ0) is 14.9. The van der Waals surface area contributed by atoms with Crippen molar-refractivity contribution in [3.63, 3.8) is 0 Å². The summed E-state index contributed by atoms with van der Waals surface area (Å²) >= 11 is 6.27. The Kier molecular flexibility index (Phi) is 5.74. The highest BCUT2D eigenvalue weighted by molar-refractivity contribution is 6.30. The van der Waals surface area contributed by atoms with Crippen LogP contribution in [0.2, 0.25) is 5.02 Å². The van der Waals surface area contributed by atoms with Crippen molar-refractivity contribution in [1.82, 2.24) is 10.2 Å². The van der Waals surface area contributed by atoms with Gasteiger partial charge in [-0.25, -0.2) is 0 Å². The van der Waals surface area contributed by atoms with Crippen LogP contribution < -0.4 is 10.1 Å². The molecule has 0 radical (unpaired) electrons. The molecule has 0 spiro atoms. The SMILES string of the molecule is Cl.Clc1cc2c(c(CN3CCC(C4CCCN4)CC3)c1)OCC2. The molecule has 3 aliphatic heterocycles. The molecule has 0 bridgehead atoms. The second-order valence-electron chi connectivity index (χ2n) is 6.97. The Morgan fingerprint density at radius 1 is 1.22 bits per heavy atom. The van der Waals surface area contributed by atoms with Crippen molar-refractivity contribution in [2.75, 3.05) is 26.2 Å². The van der Waals surface area contributed by atoms with Crippen LogP contribution in [0.5, 0.6) is 5.75 Å². The summed E-state index contributed by atoms with van der Waals surface area (Å²) in [6.45, 7) is 5.40. The van der Waals surface area contributed by atoms with Crippen molar-refractivity contribution in [3.8, 4) is 5.75 Å². The van der Waals surface area contributed by atoms with Crippen LogP contribution in [0.3, 0.4) is 0 Å². The van der Waals surface area contributed by atoms with Gasteiger partial charge in [0.25, 0.3) is 0 Å². The lowest BCUT2D eigenvalue weighted by atomic mass is 9.88. The summed E-state index contributed by atoms with van der Waals surface area (Å²) in [5.74, 6) is 1.98. The fraction of sp³-hybridized carbons (Fsp3) is 0.667. The van der Waals surface area contributed by atoms with Gasteiger partial charge in [-0.2, -0.15) is 0 Å². The van der Waals surface area contributed by atoms with E-state index in [0.29, 0.717) is 0 Å². The first-order chi connectivity index (χ1) is 10.8. The Morgan fingerprint density at radius 3 is 2.78 bits per heavy atom. The maximum Gasteiger partial charge on any atom is 0.127 e. The molecule has 0 saturated carbocycles. The van der Waals surface area contributed by atoms with Crippen molar-refractivity contribution < 1.29 is 4.74 Å². The molecule has 0 amide bonds. The third-order valence-electron chi connectivity index (χ3n) is 5.52. The molecular formula is C18H26Cl2N2O.